The Bertz CT molecular complexity index is 796. The van der Waals surface area contributed by atoms with Gasteiger partial charge in [-0.3, -0.25) is 9.48 Å². The highest BCUT2D eigenvalue weighted by atomic mass is 16.5. The number of aromatic nitrogens is 3. The van der Waals surface area contributed by atoms with E-state index in [-0.39, 0.29) is 18.1 Å². The largest absolute Gasteiger partial charge is 0.477 e. The van der Waals surface area contributed by atoms with Crippen LogP contribution in [-0.4, -0.2) is 46.0 Å². The summed E-state index contributed by atoms with van der Waals surface area (Å²) in [7, 11) is 0. The number of pyridine rings is 1. The first kappa shape index (κ1) is 18.2. The van der Waals surface area contributed by atoms with Crippen LogP contribution in [0.1, 0.15) is 39.5 Å². The Balaban J connectivity index is 1.23. The summed E-state index contributed by atoms with van der Waals surface area (Å²) in [5.41, 5.74) is 1.11. The van der Waals surface area contributed by atoms with Gasteiger partial charge in [0.25, 0.3) is 0 Å². The van der Waals surface area contributed by atoms with Crippen LogP contribution in [-0.2, 0) is 16.1 Å². The molecule has 146 valence electrons. The van der Waals surface area contributed by atoms with Crippen molar-refractivity contribution in [3.63, 3.8) is 0 Å². The Morgan fingerprint density at radius 1 is 1.37 bits per heavy atom. The number of carbonyl (C=O) groups excluding carboxylic acids is 1. The van der Waals surface area contributed by atoms with Crippen LogP contribution >= 0.6 is 0 Å². The summed E-state index contributed by atoms with van der Waals surface area (Å²) in [6, 6.07) is 2.06. The maximum atomic E-state index is 11.0. The molecular weight excluding hydrogens is 344 g/mol. The third kappa shape index (κ3) is 4.58. The number of rotatable bonds is 9. The van der Waals surface area contributed by atoms with Crippen LogP contribution in [0.2, 0.25) is 0 Å². The number of fused-ring (bicyclic) bond motifs is 1. The lowest BCUT2D eigenvalue weighted by Crippen LogP contribution is -2.40. The third-order valence-corrected chi connectivity index (χ3v) is 5.34. The second kappa shape index (κ2) is 7.84. The van der Waals surface area contributed by atoms with Crippen molar-refractivity contribution in [3.05, 3.63) is 18.5 Å². The molecule has 1 amide bonds. The molecule has 2 aliphatic carbocycles. The zero-order valence-corrected chi connectivity index (χ0v) is 16.1. The summed E-state index contributed by atoms with van der Waals surface area (Å²) in [5, 5.41) is 8.35. The smallest absolute Gasteiger partial charge is 0.224 e. The predicted molar refractivity (Wildman–Crippen MR) is 101 cm³/mol. The second-order valence-electron chi connectivity index (χ2n) is 8.02. The molecule has 0 spiro atoms. The van der Waals surface area contributed by atoms with Gasteiger partial charge in [-0.2, -0.15) is 5.10 Å². The molecule has 2 aromatic rings. The lowest BCUT2D eigenvalue weighted by atomic mass is 9.83. The van der Waals surface area contributed by atoms with Gasteiger partial charge >= 0.3 is 0 Å². The van der Waals surface area contributed by atoms with Crippen molar-refractivity contribution >= 4 is 16.8 Å². The highest BCUT2D eigenvalue weighted by Crippen LogP contribution is 2.33. The van der Waals surface area contributed by atoms with E-state index in [1.54, 1.807) is 6.20 Å². The summed E-state index contributed by atoms with van der Waals surface area (Å²) < 4.78 is 13.9. The molecule has 1 atom stereocenters. The van der Waals surface area contributed by atoms with Gasteiger partial charge in [0.15, 0.2) is 0 Å². The van der Waals surface area contributed by atoms with Crippen molar-refractivity contribution in [2.75, 3.05) is 13.2 Å². The minimum Gasteiger partial charge on any atom is -0.477 e. The highest BCUT2D eigenvalue weighted by Gasteiger charge is 2.31. The molecule has 0 aromatic carbocycles. The molecule has 0 unspecified atom stereocenters. The number of hydrogen-bond acceptors (Lipinski definition) is 5. The lowest BCUT2D eigenvalue weighted by Gasteiger charge is -2.35. The fourth-order valence-corrected chi connectivity index (χ4v) is 3.60. The first-order chi connectivity index (χ1) is 13.1. The van der Waals surface area contributed by atoms with Gasteiger partial charge in [0.1, 0.15) is 0 Å². The Labute approximate surface area is 159 Å². The van der Waals surface area contributed by atoms with E-state index >= 15 is 0 Å². The van der Waals surface area contributed by atoms with Crippen LogP contribution in [0, 0.1) is 11.8 Å². The third-order valence-electron chi connectivity index (χ3n) is 5.34. The number of carbonyl (C=O) groups is 1. The van der Waals surface area contributed by atoms with E-state index in [0.717, 1.165) is 36.2 Å². The molecule has 2 aliphatic rings. The van der Waals surface area contributed by atoms with Crippen LogP contribution in [0.4, 0.5) is 0 Å². The molecule has 7 nitrogen and oxygen atoms in total. The summed E-state index contributed by atoms with van der Waals surface area (Å²) in [6.45, 7) is 5.68. The lowest BCUT2D eigenvalue weighted by molar-refractivity contribution is -0.120. The van der Waals surface area contributed by atoms with Crippen LogP contribution in [0.15, 0.2) is 18.5 Å². The molecule has 0 aliphatic heterocycles. The molecule has 2 saturated carbocycles. The number of nitrogens with one attached hydrogen (secondary N) is 1. The van der Waals surface area contributed by atoms with Crippen molar-refractivity contribution in [1.82, 2.24) is 20.1 Å². The number of amides is 1. The van der Waals surface area contributed by atoms with E-state index in [9.17, 15) is 4.79 Å². The van der Waals surface area contributed by atoms with Gasteiger partial charge in [0.2, 0.25) is 11.8 Å². The molecule has 1 N–H and O–H groups in total. The summed E-state index contributed by atoms with van der Waals surface area (Å²) in [5.74, 6) is 1.93. The SMILES string of the molecule is CC(=O)N[C@@H](C)COC1CC(COc2nccc3c2cnn3CC2CC2)C1. The van der Waals surface area contributed by atoms with E-state index in [0.29, 0.717) is 25.0 Å². The number of hydrogen-bond donors (Lipinski definition) is 1. The normalized spacial score (nSPS) is 23.0. The quantitative estimate of drug-likeness (QED) is 0.732. The van der Waals surface area contributed by atoms with Crippen molar-refractivity contribution in [1.29, 1.82) is 0 Å². The van der Waals surface area contributed by atoms with E-state index < -0.39 is 0 Å². The topological polar surface area (TPSA) is 78.3 Å². The first-order valence-corrected chi connectivity index (χ1v) is 9.90. The maximum Gasteiger partial charge on any atom is 0.224 e. The van der Waals surface area contributed by atoms with Gasteiger partial charge in [-0.05, 0) is 50.5 Å². The minimum absolute atomic E-state index is 0.0203. The van der Waals surface area contributed by atoms with E-state index in [4.69, 9.17) is 9.47 Å². The molecule has 0 bridgehead atoms. The van der Waals surface area contributed by atoms with Gasteiger partial charge < -0.3 is 14.8 Å². The van der Waals surface area contributed by atoms with Gasteiger partial charge in [0, 0.05) is 25.7 Å². The second-order valence-corrected chi connectivity index (χ2v) is 8.02. The summed E-state index contributed by atoms with van der Waals surface area (Å²) in [6.07, 6.45) is 8.54. The Morgan fingerprint density at radius 2 is 2.19 bits per heavy atom. The van der Waals surface area contributed by atoms with Crippen molar-refractivity contribution < 1.29 is 14.3 Å². The minimum atomic E-state index is -0.0203. The Hall–Kier alpha value is -2.15. The Kier molecular flexibility index (Phi) is 5.29. The summed E-state index contributed by atoms with van der Waals surface area (Å²) in [4.78, 5) is 15.4. The molecule has 0 radical (unpaired) electrons. The standard InChI is InChI=1S/C20H28N4O3/c1-13(23-14(2)25)11-26-17-7-16(8-17)12-27-20-18-9-22-24(10-15-3-4-15)19(18)5-6-21-20/h5-6,9,13,15-17H,3-4,7-8,10-12H2,1-2H3,(H,23,25)/t13-,16?,17?/m0/s1. The van der Waals surface area contributed by atoms with Crippen molar-refractivity contribution in [3.8, 4) is 5.88 Å². The van der Waals surface area contributed by atoms with Gasteiger partial charge in [0.05, 0.1) is 36.4 Å². The molecule has 27 heavy (non-hydrogen) atoms. The average Bonchev–Trinajstić information content (AvgIpc) is 3.31. The molecular formula is C20H28N4O3. The molecule has 2 aromatic heterocycles. The fraction of sp³-hybridized carbons (Fsp3) is 0.650. The fourth-order valence-electron chi connectivity index (χ4n) is 3.60. The zero-order chi connectivity index (χ0) is 18.8. The van der Waals surface area contributed by atoms with Crippen LogP contribution in [0.3, 0.4) is 0 Å². The summed E-state index contributed by atoms with van der Waals surface area (Å²) >= 11 is 0. The van der Waals surface area contributed by atoms with E-state index in [1.807, 2.05) is 19.2 Å². The number of nitrogens with zero attached hydrogens (tertiary/aromatic N) is 3. The van der Waals surface area contributed by atoms with Crippen LogP contribution in [0.5, 0.6) is 5.88 Å². The Morgan fingerprint density at radius 3 is 2.93 bits per heavy atom. The average molecular weight is 372 g/mol. The molecule has 7 heteroatoms. The van der Waals surface area contributed by atoms with E-state index in [1.165, 1.54) is 19.8 Å². The molecule has 4 rings (SSSR count). The maximum absolute atomic E-state index is 11.0. The molecule has 0 saturated heterocycles. The van der Waals surface area contributed by atoms with Crippen LogP contribution in [0.25, 0.3) is 10.9 Å². The van der Waals surface area contributed by atoms with Gasteiger partial charge in [-0.25, -0.2) is 4.98 Å². The zero-order valence-electron chi connectivity index (χ0n) is 16.1. The van der Waals surface area contributed by atoms with Crippen molar-refractivity contribution in [2.45, 2.75) is 58.2 Å². The monoisotopic (exact) mass is 372 g/mol. The van der Waals surface area contributed by atoms with Gasteiger partial charge in [-0.15, -0.1) is 0 Å². The predicted octanol–water partition coefficient (Wildman–Crippen LogP) is 2.54. The number of ether oxygens (including phenoxy) is 2. The van der Waals surface area contributed by atoms with Gasteiger partial charge in [-0.1, -0.05) is 0 Å². The van der Waals surface area contributed by atoms with E-state index in [2.05, 4.69) is 20.1 Å². The molecule has 2 fully saturated rings. The molecule has 2 heterocycles. The first-order valence-electron chi connectivity index (χ1n) is 9.90. The highest BCUT2D eigenvalue weighted by molar-refractivity contribution is 5.83. The van der Waals surface area contributed by atoms with Crippen LogP contribution < -0.4 is 10.1 Å². The van der Waals surface area contributed by atoms with Crippen molar-refractivity contribution in [2.24, 2.45) is 11.8 Å².